The third-order valence-corrected chi connectivity index (χ3v) is 15.0. The molecule has 6 aromatic rings. The fourth-order valence-corrected chi connectivity index (χ4v) is 11.0. The Morgan fingerprint density at radius 3 is 1.28 bits per heavy atom. The van der Waals surface area contributed by atoms with Gasteiger partial charge in [0.1, 0.15) is 73.2 Å². The highest BCUT2D eigenvalue weighted by atomic mass is 16.9. The summed E-state index contributed by atoms with van der Waals surface area (Å²) in [6, 6.07) is 59.2. The SMILES string of the molecule is CC1OC[C@H]2O[C@@H]3OC(C)(C)O[C@@H]3[C@@H](O[C@H]3O[C@H](COCc4ccccc4)[C@@H](OCc4ccccc4)[C@H](OCc4ccccc4)[C@@H]3O[C@H]3O[C@H](COCc4ccccc4)[C@@H](OCc4ccccc4)[C@H](OCc4ccccc4)[C@@H]3O)[C@H]2O1. The van der Waals surface area contributed by atoms with Crippen molar-refractivity contribution in [3.8, 4) is 0 Å². The molecule has 6 aromatic carbocycles. The molecular formula is C65H74O16. The molecule has 430 valence electrons. The number of ether oxygens (including phenoxy) is 15. The molecule has 16 heteroatoms. The van der Waals surface area contributed by atoms with E-state index in [2.05, 4.69) is 0 Å². The standard InChI is InChI=1S/C65H74O16/c1-43-69-42-52-56(74-43)59(61-64(77-52)81-65(2,3)80-61)78-63-60(58(73-39-49-32-20-9-21-33-49)55(71-37-47-28-16-7-17-29-47)51(76-63)41-68-35-45-24-12-5-13-25-45)79-62-53(66)57(72-38-48-30-18-8-19-31-48)54(70-36-46-26-14-6-15-27-46)50(75-62)40-67-34-44-22-10-4-11-23-44/h4-33,43,50-64,66H,34-42H2,1-3H3/t43?,50-,51-,52-,53+,54-,55-,56+,57-,58+,59+,60+,61-,62-,63-,64-/m1/s1. The maximum absolute atomic E-state index is 13.0. The Kier molecular flexibility index (Phi) is 19.8. The molecule has 16 nitrogen and oxygen atoms in total. The van der Waals surface area contributed by atoms with Gasteiger partial charge in [0.15, 0.2) is 30.9 Å². The maximum atomic E-state index is 13.0. The van der Waals surface area contributed by atoms with E-state index in [4.69, 9.17) is 71.1 Å². The molecule has 0 saturated carbocycles. The summed E-state index contributed by atoms with van der Waals surface area (Å²) in [6.45, 7) is 7.06. The molecule has 0 bridgehead atoms. The van der Waals surface area contributed by atoms with Gasteiger partial charge in [-0.05, 0) is 54.2 Å². The van der Waals surface area contributed by atoms with Crippen molar-refractivity contribution in [2.75, 3.05) is 19.8 Å². The summed E-state index contributed by atoms with van der Waals surface area (Å²) in [6.07, 6.45) is -15.2. The quantitative estimate of drug-likeness (QED) is 0.0612. The van der Waals surface area contributed by atoms with Crippen molar-refractivity contribution in [1.29, 1.82) is 0 Å². The average Bonchev–Trinajstić information content (AvgIpc) is 4.11. The van der Waals surface area contributed by atoms with Crippen LogP contribution in [0.1, 0.15) is 54.2 Å². The lowest BCUT2D eigenvalue weighted by molar-refractivity contribution is -0.401. The van der Waals surface area contributed by atoms with Crippen molar-refractivity contribution in [1.82, 2.24) is 0 Å². The topological polar surface area (TPSA) is 159 Å². The second-order valence-electron chi connectivity index (χ2n) is 21.5. The van der Waals surface area contributed by atoms with Crippen LogP contribution in [0.2, 0.25) is 0 Å². The van der Waals surface area contributed by atoms with Gasteiger partial charge in [-0.2, -0.15) is 0 Å². The van der Waals surface area contributed by atoms with E-state index in [9.17, 15) is 5.11 Å². The molecule has 0 aromatic heterocycles. The molecule has 0 amide bonds. The van der Waals surface area contributed by atoms with Crippen molar-refractivity contribution < 1.29 is 76.2 Å². The minimum atomic E-state index is -1.46. The number of rotatable bonds is 24. The van der Waals surface area contributed by atoms with E-state index < -0.39 is 104 Å². The number of aliphatic hydroxyl groups excluding tert-OH is 1. The molecule has 16 atom stereocenters. The zero-order valence-corrected chi connectivity index (χ0v) is 46.0. The van der Waals surface area contributed by atoms with Gasteiger partial charge >= 0.3 is 0 Å². The second kappa shape index (κ2) is 27.8. The third-order valence-electron chi connectivity index (χ3n) is 15.0. The van der Waals surface area contributed by atoms with Crippen LogP contribution < -0.4 is 0 Å². The Bertz CT molecular complexity index is 2770. The highest BCUT2D eigenvalue weighted by Gasteiger charge is 2.60. The predicted molar refractivity (Wildman–Crippen MR) is 294 cm³/mol. The van der Waals surface area contributed by atoms with Crippen LogP contribution in [0.15, 0.2) is 182 Å². The molecule has 11 rings (SSSR count). The number of benzene rings is 6. The van der Waals surface area contributed by atoms with Gasteiger partial charge in [0, 0.05) is 0 Å². The summed E-state index contributed by atoms with van der Waals surface area (Å²) >= 11 is 0. The molecule has 0 radical (unpaired) electrons. The highest BCUT2D eigenvalue weighted by molar-refractivity contribution is 5.18. The van der Waals surface area contributed by atoms with Gasteiger partial charge in [-0.25, -0.2) is 0 Å². The first-order chi connectivity index (χ1) is 39.7. The van der Waals surface area contributed by atoms with E-state index in [1.165, 1.54) is 0 Å². The van der Waals surface area contributed by atoms with E-state index in [1.807, 2.05) is 203 Å². The van der Waals surface area contributed by atoms with Gasteiger partial charge in [-0.15, -0.1) is 0 Å². The van der Waals surface area contributed by atoms with Crippen molar-refractivity contribution in [2.45, 2.75) is 165 Å². The first-order valence-electron chi connectivity index (χ1n) is 28.1. The summed E-state index contributed by atoms with van der Waals surface area (Å²) < 4.78 is 102. The van der Waals surface area contributed by atoms with E-state index in [-0.39, 0.29) is 52.9 Å². The van der Waals surface area contributed by atoms with Crippen LogP contribution >= 0.6 is 0 Å². The summed E-state index contributed by atoms with van der Waals surface area (Å²) in [5.74, 6) is -1.04. The Morgan fingerprint density at radius 2 is 0.815 bits per heavy atom. The summed E-state index contributed by atoms with van der Waals surface area (Å²) in [4.78, 5) is 0. The van der Waals surface area contributed by atoms with Crippen LogP contribution in [0.4, 0.5) is 0 Å². The molecule has 1 N–H and O–H groups in total. The van der Waals surface area contributed by atoms with Crippen LogP contribution in [0.5, 0.6) is 0 Å². The maximum Gasteiger partial charge on any atom is 0.190 e. The van der Waals surface area contributed by atoms with Crippen molar-refractivity contribution >= 4 is 0 Å². The van der Waals surface area contributed by atoms with Crippen molar-refractivity contribution in [3.63, 3.8) is 0 Å². The lowest BCUT2D eigenvalue weighted by atomic mass is 9.95. The molecular weight excluding hydrogens is 1040 g/mol. The smallest absolute Gasteiger partial charge is 0.190 e. The number of hydrogen-bond donors (Lipinski definition) is 1. The second-order valence-corrected chi connectivity index (χ2v) is 21.5. The van der Waals surface area contributed by atoms with Gasteiger partial charge in [-0.3, -0.25) is 0 Å². The molecule has 5 aliphatic rings. The van der Waals surface area contributed by atoms with Crippen LogP contribution in [0.25, 0.3) is 0 Å². The van der Waals surface area contributed by atoms with E-state index >= 15 is 0 Å². The number of hydrogen-bond acceptors (Lipinski definition) is 16. The third kappa shape index (κ3) is 15.1. The van der Waals surface area contributed by atoms with Gasteiger partial charge < -0.3 is 76.2 Å². The first-order valence-corrected chi connectivity index (χ1v) is 28.1. The van der Waals surface area contributed by atoms with Crippen LogP contribution in [0.3, 0.4) is 0 Å². The normalized spacial score (nSPS) is 31.7. The molecule has 81 heavy (non-hydrogen) atoms. The van der Waals surface area contributed by atoms with Crippen molar-refractivity contribution in [2.24, 2.45) is 0 Å². The zero-order valence-electron chi connectivity index (χ0n) is 46.0. The van der Waals surface area contributed by atoms with Gasteiger partial charge in [-0.1, -0.05) is 182 Å². The summed E-state index contributed by atoms with van der Waals surface area (Å²) in [7, 11) is 0. The molecule has 5 aliphatic heterocycles. The monoisotopic (exact) mass is 1110 g/mol. The van der Waals surface area contributed by atoms with Crippen molar-refractivity contribution in [3.05, 3.63) is 215 Å². The van der Waals surface area contributed by atoms with Crippen LogP contribution in [-0.4, -0.2) is 129 Å². The van der Waals surface area contributed by atoms with E-state index in [0.29, 0.717) is 6.61 Å². The summed E-state index contributed by atoms with van der Waals surface area (Å²) in [5, 5.41) is 13.0. The minimum Gasteiger partial charge on any atom is -0.385 e. The number of aliphatic hydroxyl groups is 1. The Hall–Kier alpha value is -5.32. The lowest BCUT2D eigenvalue weighted by Gasteiger charge is -2.51. The lowest BCUT2D eigenvalue weighted by Crippen LogP contribution is -2.68. The van der Waals surface area contributed by atoms with Gasteiger partial charge in [0.25, 0.3) is 0 Å². The molecule has 0 spiro atoms. The average molecular weight is 1110 g/mol. The van der Waals surface area contributed by atoms with Crippen LogP contribution in [-0.2, 0) is 111 Å². The van der Waals surface area contributed by atoms with E-state index in [1.54, 1.807) is 0 Å². The summed E-state index contributed by atoms with van der Waals surface area (Å²) in [5.41, 5.74) is 5.60. The molecule has 5 fully saturated rings. The fraction of sp³-hybridized carbons (Fsp3) is 0.446. The Balaban J connectivity index is 0.987. The molecule has 1 unspecified atom stereocenters. The van der Waals surface area contributed by atoms with E-state index in [0.717, 1.165) is 33.4 Å². The number of fused-ring (bicyclic) bond motifs is 2. The molecule has 5 heterocycles. The first kappa shape index (κ1) is 57.5. The predicted octanol–water partition coefficient (Wildman–Crippen LogP) is 8.98. The molecule has 0 aliphatic carbocycles. The largest absolute Gasteiger partial charge is 0.385 e. The molecule has 5 saturated heterocycles. The highest BCUT2D eigenvalue weighted by Crippen LogP contribution is 2.43. The Labute approximate surface area is 474 Å². The van der Waals surface area contributed by atoms with Gasteiger partial charge in [0.05, 0.1) is 59.5 Å². The van der Waals surface area contributed by atoms with Crippen LogP contribution in [0, 0.1) is 0 Å². The Morgan fingerprint density at radius 1 is 0.420 bits per heavy atom. The fourth-order valence-electron chi connectivity index (χ4n) is 11.0. The minimum absolute atomic E-state index is 0.0454. The zero-order chi connectivity index (χ0) is 55.4. The van der Waals surface area contributed by atoms with Gasteiger partial charge in [0.2, 0.25) is 0 Å².